The van der Waals surface area contributed by atoms with E-state index >= 15 is 0 Å². The molecule has 2 atom stereocenters. The lowest BCUT2D eigenvalue weighted by Gasteiger charge is -2.28. The van der Waals surface area contributed by atoms with Gasteiger partial charge < -0.3 is 10.1 Å². The van der Waals surface area contributed by atoms with Gasteiger partial charge in [0, 0.05) is 45.7 Å². The summed E-state index contributed by atoms with van der Waals surface area (Å²) < 4.78 is 69.9. The number of thiophene rings is 1. The molecule has 0 fully saturated rings. The maximum absolute atomic E-state index is 13.7. The lowest BCUT2D eigenvalue weighted by atomic mass is 9.94. The zero-order valence-corrected chi connectivity index (χ0v) is 24.4. The number of rotatable bonds is 7. The quantitative estimate of drug-likeness (QED) is 0.213. The predicted octanol–water partition coefficient (Wildman–Crippen LogP) is 6.48. The molecular formula is C29H23ClF3N3O4S2. The highest BCUT2D eigenvalue weighted by Gasteiger charge is 2.51. The Labute approximate surface area is 247 Å². The van der Waals surface area contributed by atoms with Crippen LogP contribution in [-0.2, 0) is 15.6 Å². The molecule has 0 radical (unpaired) electrons. The molecule has 0 aliphatic rings. The number of nitrogens with one attached hydrogen (secondary N) is 1. The van der Waals surface area contributed by atoms with Gasteiger partial charge in [-0.3, -0.25) is 9.78 Å². The molecule has 5 rings (SSSR count). The SMILES string of the molecule is CN(C(c1cc2cccc(-c3cc([C@@](C)(O)C(F)(F)F)ccn3)c2s1)c1ccccc1Cl)S(=O)(=O)c1ccc(=O)[nH]c1. The number of fused-ring (bicyclic) bond motifs is 1. The van der Waals surface area contributed by atoms with Gasteiger partial charge in [0.05, 0.1) is 16.6 Å². The molecule has 0 saturated heterocycles. The van der Waals surface area contributed by atoms with Crippen molar-refractivity contribution in [1.29, 1.82) is 0 Å². The van der Waals surface area contributed by atoms with Gasteiger partial charge in [-0.05, 0) is 53.8 Å². The first-order valence-electron chi connectivity index (χ1n) is 12.4. The van der Waals surface area contributed by atoms with Crippen LogP contribution in [0.5, 0.6) is 0 Å². The van der Waals surface area contributed by atoms with Gasteiger partial charge >= 0.3 is 6.18 Å². The van der Waals surface area contributed by atoms with E-state index in [2.05, 4.69) is 9.97 Å². The molecule has 1 unspecified atom stereocenters. The lowest BCUT2D eigenvalue weighted by molar-refractivity contribution is -0.258. The number of pyridine rings is 2. The van der Waals surface area contributed by atoms with Crippen molar-refractivity contribution in [3.63, 3.8) is 0 Å². The molecule has 2 N–H and O–H groups in total. The number of H-pyrrole nitrogens is 1. The van der Waals surface area contributed by atoms with Crippen molar-refractivity contribution >= 4 is 43.0 Å². The van der Waals surface area contributed by atoms with E-state index in [1.165, 1.54) is 36.7 Å². The van der Waals surface area contributed by atoms with E-state index in [-0.39, 0.29) is 16.2 Å². The first-order valence-corrected chi connectivity index (χ1v) is 15.0. The summed E-state index contributed by atoms with van der Waals surface area (Å²) in [6.07, 6.45) is -2.58. The van der Waals surface area contributed by atoms with Crippen LogP contribution in [-0.4, -0.2) is 41.0 Å². The minimum absolute atomic E-state index is 0.124. The molecule has 13 heteroatoms. The lowest BCUT2D eigenvalue weighted by Crippen LogP contribution is -2.39. The minimum Gasteiger partial charge on any atom is -0.376 e. The number of aromatic nitrogens is 2. The zero-order chi connectivity index (χ0) is 30.4. The number of nitrogens with zero attached hydrogens (tertiary/aromatic N) is 2. The summed E-state index contributed by atoms with van der Waals surface area (Å²) in [6, 6.07) is 17.6. The highest BCUT2D eigenvalue weighted by atomic mass is 35.5. The fourth-order valence-electron chi connectivity index (χ4n) is 4.55. The van der Waals surface area contributed by atoms with Gasteiger partial charge in [0.25, 0.3) is 0 Å². The average Bonchev–Trinajstić information content (AvgIpc) is 3.38. The third-order valence-electron chi connectivity index (χ3n) is 6.98. The predicted molar refractivity (Wildman–Crippen MR) is 156 cm³/mol. The minimum atomic E-state index is -4.91. The molecule has 5 aromatic rings. The second-order valence-corrected chi connectivity index (χ2v) is 13.2. The molecular weight excluding hydrogens is 611 g/mol. The first-order chi connectivity index (χ1) is 19.7. The van der Waals surface area contributed by atoms with Crippen LogP contribution in [0, 0.1) is 0 Å². The van der Waals surface area contributed by atoms with Crippen LogP contribution in [0.1, 0.15) is 29.0 Å². The highest BCUT2D eigenvalue weighted by Crippen LogP contribution is 2.44. The van der Waals surface area contributed by atoms with Crippen LogP contribution in [0.15, 0.2) is 94.9 Å². The van der Waals surface area contributed by atoms with Crippen LogP contribution in [0.3, 0.4) is 0 Å². The number of hydrogen-bond acceptors (Lipinski definition) is 6. The Kier molecular flexibility index (Phi) is 7.79. The molecule has 2 aromatic carbocycles. The fraction of sp³-hybridized carbons (Fsp3) is 0.172. The number of halogens is 4. The van der Waals surface area contributed by atoms with Crippen LogP contribution in [0.4, 0.5) is 13.2 Å². The van der Waals surface area contributed by atoms with Gasteiger partial charge in [-0.15, -0.1) is 11.3 Å². The van der Waals surface area contributed by atoms with E-state index in [9.17, 15) is 31.5 Å². The number of benzene rings is 2. The monoisotopic (exact) mass is 633 g/mol. The van der Waals surface area contributed by atoms with Crippen molar-refractivity contribution in [3.8, 4) is 11.3 Å². The third-order valence-corrected chi connectivity index (χ3v) is 10.4. The summed E-state index contributed by atoms with van der Waals surface area (Å²) in [4.78, 5) is 18.7. The van der Waals surface area contributed by atoms with Gasteiger partial charge in [-0.1, -0.05) is 48.0 Å². The third kappa shape index (κ3) is 5.36. The Balaban J connectivity index is 1.67. The van der Waals surface area contributed by atoms with E-state index in [1.54, 1.807) is 48.5 Å². The highest BCUT2D eigenvalue weighted by molar-refractivity contribution is 7.89. The summed E-state index contributed by atoms with van der Waals surface area (Å²) in [5.41, 5.74) is -2.69. The Morgan fingerprint density at radius 1 is 1.05 bits per heavy atom. The molecule has 0 saturated carbocycles. The Morgan fingerprint density at radius 3 is 2.45 bits per heavy atom. The second kappa shape index (κ2) is 10.9. The van der Waals surface area contributed by atoms with Crippen LogP contribution in [0.25, 0.3) is 21.3 Å². The topological polar surface area (TPSA) is 103 Å². The molecule has 218 valence electrons. The van der Waals surface area contributed by atoms with Crippen molar-refractivity contribution in [2.75, 3.05) is 7.05 Å². The smallest absolute Gasteiger partial charge is 0.376 e. The maximum Gasteiger partial charge on any atom is 0.421 e. The Morgan fingerprint density at radius 2 is 1.79 bits per heavy atom. The molecule has 3 heterocycles. The molecule has 3 aromatic heterocycles. The normalized spacial score (nSPS) is 14.7. The van der Waals surface area contributed by atoms with E-state index in [0.717, 1.165) is 22.6 Å². The summed E-state index contributed by atoms with van der Waals surface area (Å²) >= 11 is 7.81. The molecule has 0 bridgehead atoms. The van der Waals surface area contributed by atoms with Crippen molar-refractivity contribution in [2.24, 2.45) is 0 Å². The summed E-state index contributed by atoms with van der Waals surface area (Å²) in [5, 5.41) is 11.3. The van der Waals surface area contributed by atoms with Crippen LogP contribution >= 0.6 is 22.9 Å². The van der Waals surface area contributed by atoms with Crippen LogP contribution < -0.4 is 5.56 Å². The molecule has 0 aliphatic heterocycles. The van der Waals surface area contributed by atoms with Crippen LogP contribution in [0.2, 0.25) is 5.02 Å². The maximum atomic E-state index is 13.7. The molecule has 0 aliphatic carbocycles. The summed E-state index contributed by atoms with van der Waals surface area (Å²) in [6.45, 7) is 0.683. The first kappa shape index (κ1) is 29.9. The zero-order valence-electron chi connectivity index (χ0n) is 22.1. The average molecular weight is 634 g/mol. The molecule has 7 nitrogen and oxygen atoms in total. The van der Waals surface area contributed by atoms with Crippen molar-refractivity contribution in [3.05, 3.63) is 117 Å². The number of alkyl halides is 3. The van der Waals surface area contributed by atoms with E-state index in [1.807, 2.05) is 0 Å². The number of sulfonamides is 1. The van der Waals surface area contributed by atoms with Gasteiger partial charge in [0.2, 0.25) is 15.6 Å². The van der Waals surface area contributed by atoms with Gasteiger partial charge in [0.15, 0.2) is 5.60 Å². The van der Waals surface area contributed by atoms with E-state index in [4.69, 9.17) is 11.6 Å². The van der Waals surface area contributed by atoms with Gasteiger partial charge in [0.1, 0.15) is 0 Å². The number of hydrogen-bond donors (Lipinski definition) is 2. The summed E-state index contributed by atoms with van der Waals surface area (Å²) in [7, 11) is -2.73. The summed E-state index contributed by atoms with van der Waals surface area (Å²) in [5.74, 6) is 0. The Hall–Kier alpha value is -3.55. The standard InChI is InChI=1S/C29H23ClF3N3O4S2/c1-28(38,29(31,32)33)18-12-13-34-23(15-18)21-8-5-6-17-14-24(41-27(17)21)26(20-7-3-4-9-22(20)30)36(2)42(39,40)19-10-11-25(37)35-16-19/h3-16,26,38H,1-2H3,(H,35,37)/t26?,28-/m1/s1. The van der Waals surface area contributed by atoms with Crippen molar-refractivity contribution < 1.29 is 26.7 Å². The van der Waals surface area contributed by atoms with E-state index in [0.29, 0.717) is 38.0 Å². The Bertz CT molecular complexity index is 1940. The van der Waals surface area contributed by atoms with E-state index < -0.39 is 33.4 Å². The largest absolute Gasteiger partial charge is 0.421 e. The van der Waals surface area contributed by atoms with Gasteiger partial charge in [-0.2, -0.15) is 17.5 Å². The molecule has 42 heavy (non-hydrogen) atoms. The number of aromatic amines is 1. The molecule has 0 amide bonds. The van der Waals surface area contributed by atoms with Crippen molar-refractivity contribution in [1.82, 2.24) is 14.3 Å². The van der Waals surface area contributed by atoms with Gasteiger partial charge in [-0.25, -0.2) is 8.42 Å². The number of aliphatic hydroxyl groups is 1. The van der Waals surface area contributed by atoms with Crippen molar-refractivity contribution in [2.45, 2.75) is 29.6 Å². The fourth-order valence-corrected chi connectivity index (χ4v) is 7.49. The molecule has 0 spiro atoms. The second-order valence-electron chi connectivity index (χ2n) is 9.71.